The van der Waals surface area contributed by atoms with Crippen molar-refractivity contribution in [1.82, 2.24) is 9.97 Å². The predicted octanol–water partition coefficient (Wildman–Crippen LogP) is 3.09. The molecule has 1 aromatic heterocycles. The molecule has 0 spiro atoms. The van der Waals surface area contributed by atoms with Crippen molar-refractivity contribution in [3.8, 4) is 0 Å². The predicted molar refractivity (Wildman–Crippen MR) is 93.0 cm³/mol. The number of hydrogen-bond acceptors (Lipinski definition) is 5. The van der Waals surface area contributed by atoms with E-state index in [0.29, 0.717) is 30.8 Å². The van der Waals surface area contributed by atoms with Crippen LogP contribution >= 0.6 is 0 Å². The van der Waals surface area contributed by atoms with Crippen LogP contribution < -0.4 is 9.80 Å². The van der Waals surface area contributed by atoms with Crippen LogP contribution in [0.1, 0.15) is 24.0 Å². The second-order valence-corrected chi connectivity index (χ2v) is 6.51. The summed E-state index contributed by atoms with van der Waals surface area (Å²) in [5, 5.41) is 9.61. The van der Waals surface area contributed by atoms with E-state index in [-0.39, 0.29) is 6.10 Å². The van der Waals surface area contributed by atoms with Gasteiger partial charge in [0, 0.05) is 32.7 Å². The fourth-order valence-corrected chi connectivity index (χ4v) is 3.01. The molecule has 2 heterocycles. The zero-order chi connectivity index (χ0) is 18.7. The molecule has 0 amide bonds. The van der Waals surface area contributed by atoms with Gasteiger partial charge >= 0.3 is 6.18 Å². The van der Waals surface area contributed by atoms with Crippen LogP contribution in [0.5, 0.6) is 0 Å². The van der Waals surface area contributed by atoms with Crippen LogP contribution in [0.15, 0.2) is 36.7 Å². The lowest BCUT2D eigenvalue weighted by Gasteiger charge is -2.31. The number of hydrogen-bond donors (Lipinski definition) is 1. The summed E-state index contributed by atoms with van der Waals surface area (Å²) in [5.74, 6) is 1.40. The van der Waals surface area contributed by atoms with Crippen LogP contribution in [-0.4, -0.2) is 41.3 Å². The summed E-state index contributed by atoms with van der Waals surface area (Å²) >= 11 is 0. The van der Waals surface area contributed by atoms with Gasteiger partial charge in [-0.1, -0.05) is 12.1 Å². The monoisotopic (exact) mass is 366 g/mol. The number of anilines is 2. The van der Waals surface area contributed by atoms with E-state index in [1.54, 1.807) is 18.0 Å². The first-order valence-electron chi connectivity index (χ1n) is 8.45. The van der Waals surface area contributed by atoms with Crippen molar-refractivity contribution in [2.24, 2.45) is 0 Å². The second-order valence-electron chi connectivity index (χ2n) is 6.51. The molecule has 5 nitrogen and oxygen atoms in total. The molecule has 0 unspecified atom stereocenters. The van der Waals surface area contributed by atoms with Gasteiger partial charge in [0.1, 0.15) is 18.0 Å². The average molecular weight is 366 g/mol. The smallest absolute Gasteiger partial charge is 0.393 e. The van der Waals surface area contributed by atoms with Gasteiger partial charge in [0.05, 0.1) is 11.7 Å². The Balaban J connectivity index is 1.72. The zero-order valence-electron chi connectivity index (χ0n) is 14.4. The molecule has 0 aliphatic carbocycles. The normalized spacial score (nSPS) is 16.0. The first kappa shape index (κ1) is 18.4. The highest BCUT2D eigenvalue weighted by molar-refractivity contribution is 5.50. The molecule has 2 aromatic rings. The van der Waals surface area contributed by atoms with Gasteiger partial charge in [0.25, 0.3) is 0 Å². The summed E-state index contributed by atoms with van der Waals surface area (Å²) in [7, 11) is 1.78. The minimum atomic E-state index is -4.35. The van der Waals surface area contributed by atoms with Crippen LogP contribution in [0.2, 0.25) is 0 Å². The third-order valence-electron chi connectivity index (χ3n) is 4.49. The Kier molecular flexibility index (Phi) is 5.31. The van der Waals surface area contributed by atoms with E-state index < -0.39 is 11.7 Å². The molecular weight excluding hydrogens is 345 g/mol. The molecule has 1 aliphatic rings. The third-order valence-corrected chi connectivity index (χ3v) is 4.49. The largest absolute Gasteiger partial charge is 0.416 e. The van der Waals surface area contributed by atoms with Gasteiger partial charge in [0.2, 0.25) is 0 Å². The van der Waals surface area contributed by atoms with Crippen molar-refractivity contribution < 1.29 is 18.3 Å². The summed E-state index contributed by atoms with van der Waals surface area (Å²) in [6, 6.07) is 7.13. The van der Waals surface area contributed by atoms with Gasteiger partial charge < -0.3 is 14.9 Å². The van der Waals surface area contributed by atoms with Crippen molar-refractivity contribution in [2.75, 3.05) is 29.9 Å². The lowest BCUT2D eigenvalue weighted by molar-refractivity contribution is -0.137. The maximum absolute atomic E-state index is 12.9. The number of nitrogens with zero attached hydrogens (tertiary/aromatic N) is 4. The first-order chi connectivity index (χ1) is 12.3. The van der Waals surface area contributed by atoms with Crippen LogP contribution in [0.25, 0.3) is 0 Å². The molecule has 0 saturated carbocycles. The zero-order valence-corrected chi connectivity index (χ0v) is 14.4. The number of alkyl halides is 3. The average Bonchev–Trinajstić information content (AvgIpc) is 2.62. The van der Waals surface area contributed by atoms with Crippen LogP contribution in [-0.2, 0) is 12.7 Å². The third kappa shape index (κ3) is 4.43. The Morgan fingerprint density at radius 3 is 2.62 bits per heavy atom. The number of halogens is 3. The Morgan fingerprint density at radius 2 is 1.92 bits per heavy atom. The fourth-order valence-electron chi connectivity index (χ4n) is 3.01. The molecule has 1 N–H and O–H groups in total. The summed E-state index contributed by atoms with van der Waals surface area (Å²) in [6.07, 6.45) is -1.77. The number of piperidine rings is 1. The topological polar surface area (TPSA) is 52.5 Å². The highest BCUT2D eigenvalue weighted by Gasteiger charge is 2.30. The molecule has 0 radical (unpaired) electrons. The number of aromatic nitrogens is 2. The minimum Gasteiger partial charge on any atom is -0.393 e. The summed E-state index contributed by atoms with van der Waals surface area (Å²) < 4.78 is 38.6. The lowest BCUT2D eigenvalue weighted by atomic mass is 10.1. The van der Waals surface area contributed by atoms with Gasteiger partial charge in [-0.15, -0.1) is 0 Å². The highest BCUT2D eigenvalue weighted by atomic mass is 19.4. The van der Waals surface area contributed by atoms with Gasteiger partial charge in [-0.05, 0) is 30.5 Å². The molecule has 26 heavy (non-hydrogen) atoms. The number of aliphatic hydroxyl groups is 1. The highest BCUT2D eigenvalue weighted by Crippen LogP contribution is 2.30. The van der Waals surface area contributed by atoms with Crippen molar-refractivity contribution in [3.63, 3.8) is 0 Å². The molecule has 1 saturated heterocycles. The van der Waals surface area contributed by atoms with E-state index in [9.17, 15) is 18.3 Å². The van der Waals surface area contributed by atoms with Crippen molar-refractivity contribution in [3.05, 3.63) is 47.8 Å². The van der Waals surface area contributed by atoms with Gasteiger partial charge in [-0.3, -0.25) is 0 Å². The number of rotatable bonds is 4. The van der Waals surface area contributed by atoms with Crippen LogP contribution in [0, 0.1) is 0 Å². The van der Waals surface area contributed by atoms with E-state index in [1.165, 1.54) is 12.4 Å². The molecule has 8 heteroatoms. The van der Waals surface area contributed by atoms with Crippen molar-refractivity contribution in [2.45, 2.75) is 31.7 Å². The van der Waals surface area contributed by atoms with Crippen molar-refractivity contribution in [1.29, 1.82) is 0 Å². The van der Waals surface area contributed by atoms with Gasteiger partial charge in [-0.2, -0.15) is 13.2 Å². The molecule has 1 aromatic carbocycles. The Morgan fingerprint density at radius 1 is 1.19 bits per heavy atom. The maximum Gasteiger partial charge on any atom is 0.416 e. The van der Waals surface area contributed by atoms with E-state index in [4.69, 9.17) is 0 Å². The van der Waals surface area contributed by atoms with E-state index in [2.05, 4.69) is 14.9 Å². The van der Waals surface area contributed by atoms with Gasteiger partial charge in [0.15, 0.2) is 0 Å². The SMILES string of the molecule is CN(Cc1cccc(C(F)(F)F)c1)c1cc(N2CCC(O)CC2)ncn1. The summed E-state index contributed by atoms with van der Waals surface area (Å²) in [5.41, 5.74) is -0.0952. The standard InChI is InChI=1S/C18H21F3N4O/c1-24(11-13-3-2-4-14(9-13)18(19,20)21)16-10-17(23-12-22-16)25-7-5-15(26)6-8-25/h2-4,9-10,12,15,26H,5-8,11H2,1H3. The molecule has 1 fully saturated rings. The number of aliphatic hydroxyl groups excluding tert-OH is 1. The first-order valence-corrected chi connectivity index (χ1v) is 8.45. The Hall–Kier alpha value is -2.35. The Bertz CT molecular complexity index is 745. The second kappa shape index (κ2) is 7.49. The maximum atomic E-state index is 12.9. The summed E-state index contributed by atoms with van der Waals surface area (Å²) in [6.45, 7) is 1.74. The van der Waals surface area contributed by atoms with E-state index in [0.717, 1.165) is 31.0 Å². The van der Waals surface area contributed by atoms with E-state index >= 15 is 0 Å². The fraction of sp³-hybridized carbons (Fsp3) is 0.444. The van der Waals surface area contributed by atoms with E-state index in [1.807, 2.05) is 6.07 Å². The van der Waals surface area contributed by atoms with Crippen LogP contribution in [0.4, 0.5) is 24.8 Å². The quantitative estimate of drug-likeness (QED) is 0.901. The number of benzene rings is 1. The molecule has 1 aliphatic heterocycles. The lowest BCUT2D eigenvalue weighted by Crippen LogP contribution is -2.36. The van der Waals surface area contributed by atoms with Crippen LogP contribution in [0.3, 0.4) is 0 Å². The Labute approximate surface area is 150 Å². The molecular formula is C18H21F3N4O. The van der Waals surface area contributed by atoms with Gasteiger partial charge in [-0.25, -0.2) is 9.97 Å². The molecule has 0 bridgehead atoms. The minimum absolute atomic E-state index is 0.267. The summed E-state index contributed by atoms with van der Waals surface area (Å²) in [4.78, 5) is 12.4. The molecule has 140 valence electrons. The molecule has 0 atom stereocenters. The molecule has 3 rings (SSSR count). The van der Waals surface area contributed by atoms with Crippen molar-refractivity contribution >= 4 is 11.6 Å².